The molecule has 19 aromatic rings. The van der Waals surface area contributed by atoms with Gasteiger partial charge in [-0.2, -0.15) is 5.26 Å². The van der Waals surface area contributed by atoms with Crippen LogP contribution in [-0.4, -0.2) is 15.0 Å². The summed E-state index contributed by atoms with van der Waals surface area (Å²) in [6.45, 7) is 0. The van der Waals surface area contributed by atoms with Crippen molar-refractivity contribution in [1.29, 1.82) is 5.26 Å². The number of hydrogen-bond acceptors (Lipinski definition) is 5. The van der Waals surface area contributed by atoms with Crippen LogP contribution < -0.4 is 0 Å². The van der Waals surface area contributed by atoms with Crippen LogP contribution in [0.1, 0.15) is 5.56 Å². The van der Waals surface area contributed by atoms with E-state index in [0.717, 1.165) is 133 Å². The summed E-state index contributed by atoms with van der Waals surface area (Å²) < 4.78 is 6.09. The molecule has 19 rings (SSSR count). The highest BCUT2D eigenvalue weighted by molar-refractivity contribution is 6.18. The fourth-order valence-electron chi connectivity index (χ4n) is 14.6. The van der Waals surface area contributed by atoms with Crippen LogP contribution in [0, 0.1) is 11.3 Å². The Kier molecular flexibility index (Phi) is 16.7. The van der Waals surface area contributed by atoms with Gasteiger partial charge in [0, 0.05) is 38.2 Å². The van der Waals surface area contributed by atoms with Crippen molar-refractivity contribution in [2.75, 3.05) is 0 Å². The first-order valence-corrected chi connectivity index (χ1v) is 35.4. The summed E-state index contributed by atoms with van der Waals surface area (Å²) in [6.07, 6.45) is 0. The molecule has 490 valence electrons. The van der Waals surface area contributed by atoms with Crippen molar-refractivity contribution < 1.29 is 4.42 Å². The second kappa shape index (κ2) is 27.7. The highest BCUT2D eigenvalue weighted by atomic mass is 16.3. The molecular formula is C100H64N4O. The van der Waals surface area contributed by atoms with E-state index in [9.17, 15) is 5.26 Å². The maximum atomic E-state index is 9.24. The molecule has 0 N–H and O–H groups in total. The monoisotopic (exact) mass is 1340 g/mol. The van der Waals surface area contributed by atoms with Gasteiger partial charge < -0.3 is 4.42 Å². The smallest absolute Gasteiger partial charge is 0.227 e. The molecule has 0 radical (unpaired) electrons. The summed E-state index contributed by atoms with van der Waals surface area (Å²) in [5, 5.41) is 16.0. The number of fused-ring (bicyclic) bond motifs is 7. The van der Waals surface area contributed by atoms with Crippen molar-refractivity contribution in [3.8, 4) is 140 Å². The Labute approximate surface area is 609 Å². The van der Waals surface area contributed by atoms with Crippen molar-refractivity contribution in [2.24, 2.45) is 0 Å². The van der Waals surface area contributed by atoms with Crippen molar-refractivity contribution in [2.45, 2.75) is 0 Å². The van der Waals surface area contributed by atoms with Crippen LogP contribution in [0.15, 0.2) is 393 Å². The number of pyridine rings is 2. The Hall–Kier alpha value is -14.2. The topological polar surface area (TPSA) is 75.6 Å². The lowest BCUT2D eigenvalue weighted by Gasteiger charge is -2.16. The van der Waals surface area contributed by atoms with Gasteiger partial charge in [0.1, 0.15) is 5.52 Å². The van der Waals surface area contributed by atoms with Gasteiger partial charge in [0.05, 0.1) is 34.1 Å². The van der Waals surface area contributed by atoms with Gasteiger partial charge in [0.25, 0.3) is 0 Å². The molecule has 0 amide bonds. The van der Waals surface area contributed by atoms with Crippen molar-refractivity contribution in [3.05, 3.63) is 394 Å². The zero-order valence-electron chi connectivity index (χ0n) is 57.1. The van der Waals surface area contributed by atoms with Crippen LogP contribution in [0.5, 0.6) is 0 Å². The van der Waals surface area contributed by atoms with Gasteiger partial charge >= 0.3 is 0 Å². The lowest BCUT2D eigenvalue weighted by molar-refractivity contribution is 0.620. The molecule has 0 aliphatic rings. The average molecular weight is 1340 g/mol. The van der Waals surface area contributed by atoms with E-state index in [4.69, 9.17) is 19.4 Å². The van der Waals surface area contributed by atoms with E-state index in [-0.39, 0.29) is 0 Å². The number of nitrogens with zero attached hydrogens (tertiary/aromatic N) is 4. The van der Waals surface area contributed by atoms with Crippen molar-refractivity contribution >= 4 is 54.5 Å². The largest absolute Gasteiger partial charge is 0.436 e. The second-order valence-electron chi connectivity index (χ2n) is 26.4. The molecule has 3 heterocycles. The molecule has 5 nitrogen and oxygen atoms in total. The predicted octanol–water partition coefficient (Wildman–Crippen LogP) is 26.8. The van der Waals surface area contributed by atoms with E-state index >= 15 is 0 Å². The maximum absolute atomic E-state index is 9.24. The van der Waals surface area contributed by atoms with Gasteiger partial charge in [-0.25, -0.2) is 15.0 Å². The standard InChI is InChI=1S/C50H32N2O.C50H32N2/c1-3-11-33(12-4-1)35-19-23-38(24-20-35)44-32-47(39-27-21-36(22-28-39)34-13-5-2-6-14-34)51-49-42-16-8-7-15-41(42)43(31-45(44)49)37-25-29-40(30-26-37)50-52-46-17-9-10-18-48(46)53-50;51-33-34-15-17-37(18-16-34)40-21-25-41(26-22-40)46-31-48-47(42-27-19-38(20-28-42)35-9-3-1-4-10-35)32-49(52-50(48)45-14-8-7-13-44(45)46)43-29-23-39(24-30-43)36-11-5-2-6-12-36/h1-32H;1-32H. The van der Waals surface area contributed by atoms with Crippen LogP contribution in [0.2, 0.25) is 0 Å². The van der Waals surface area contributed by atoms with Gasteiger partial charge in [-0.1, -0.05) is 328 Å². The third-order valence-corrected chi connectivity index (χ3v) is 20.1. The lowest BCUT2D eigenvalue weighted by atomic mass is 9.90. The molecule has 0 saturated heterocycles. The first-order chi connectivity index (χ1) is 52.0. The van der Waals surface area contributed by atoms with Gasteiger partial charge in [0.15, 0.2) is 5.58 Å². The number of aromatic nitrogens is 3. The molecule has 5 heteroatoms. The number of benzene rings is 16. The zero-order chi connectivity index (χ0) is 70.0. The molecule has 105 heavy (non-hydrogen) atoms. The van der Waals surface area contributed by atoms with Crippen LogP contribution in [0.25, 0.3) is 189 Å². The number of oxazole rings is 1. The van der Waals surface area contributed by atoms with Gasteiger partial charge in [-0.15, -0.1) is 0 Å². The molecule has 0 fully saturated rings. The van der Waals surface area contributed by atoms with E-state index in [0.29, 0.717) is 11.5 Å². The minimum Gasteiger partial charge on any atom is -0.436 e. The first kappa shape index (κ1) is 63.0. The molecular weight excluding hydrogens is 1270 g/mol. The molecule has 0 aliphatic heterocycles. The minimum absolute atomic E-state index is 0.621. The molecule has 0 spiro atoms. The van der Waals surface area contributed by atoms with Gasteiger partial charge in [-0.05, 0) is 172 Å². The van der Waals surface area contributed by atoms with Crippen LogP contribution in [-0.2, 0) is 0 Å². The summed E-state index contributed by atoms with van der Waals surface area (Å²) >= 11 is 0. The molecule has 3 aromatic heterocycles. The Bertz CT molecular complexity index is 6380. The van der Waals surface area contributed by atoms with E-state index in [1.54, 1.807) is 0 Å². The summed E-state index contributed by atoms with van der Waals surface area (Å²) in [4.78, 5) is 15.5. The maximum Gasteiger partial charge on any atom is 0.227 e. The SMILES string of the molecule is N#Cc1ccc(-c2ccc(-c3cc4c(-c5ccc(-c6ccccc6)cc5)cc(-c5ccc(-c6ccccc6)cc5)nc4c4ccccc34)cc2)cc1.c1ccc(-c2ccc(-c3cc(-c4ccc(-c5ccccc5)cc4)c4cc(-c5ccc(-c6nc7ccccc7o6)cc5)c5ccccc5c4n3)cc2)cc1. The van der Waals surface area contributed by atoms with E-state index in [1.807, 2.05) is 54.6 Å². The van der Waals surface area contributed by atoms with Gasteiger partial charge in [-0.3, -0.25) is 0 Å². The van der Waals surface area contributed by atoms with Crippen LogP contribution in [0.4, 0.5) is 0 Å². The van der Waals surface area contributed by atoms with Gasteiger partial charge in [0.2, 0.25) is 5.89 Å². The third-order valence-electron chi connectivity index (χ3n) is 20.1. The van der Waals surface area contributed by atoms with Crippen LogP contribution in [0.3, 0.4) is 0 Å². The molecule has 16 aromatic carbocycles. The lowest BCUT2D eigenvalue weighted by Crippen LogP contribution is -1.93. The molecule has 0 aliphatic carbocycles. The zero-order valence-corrected chi connectivity index (χ0v) is 57.1. The predicted molar refractivity (Wildman–Crippen MR) is 436 cm³/mol. The number of para-hydroxylation sites is 2. The summed E-state index contributed by atoms with van der Waals surface area (Å²) in [5.41, 5.74) is 30.2. The Morgan fingerprint density at radius 1 is 0.210 bits per heavy atom. The Balaban J connectivity index is 0.000000149. The number of hydrogen-bond donors (Lipinski definition) is 0. The summed E-state index contributed by atoms with van der Waals surface area (Å²) in [5.74, 6) is 0.621. The fourth-order valence-corrected chi connectivity index (χ4v) is 14.6. The molecule has 0 bridgehead atoms. The van der Waals surface area contributed by atoms with E-state index in [1.165, 1.54) is 50.1 Å². The Morgan fingerprint density at radius 2 is 0.476 bits per heavy atom. The van der Waals surface area contributed by atoms with Crippen molar-refractivity contribution in [1.82, 2.24) is 15.0 Å². The first-order valence-electron chi connectivity index (χ1n) is 35.4. The minimum atomic E-state index is 0.621. The highest BCUT2D eigenvalue weighted by Gasteiger charge is 2.20. The summed E-state index contributed by atoms with van der Waals surface area (Å²) in [6, 6.07) is 139. The Morgan fingerprint density at radius 3 is 0.819 bits per heavy atom. The van der Waals surface area contributed by atoms with E-state index in [2.05, 4.69) is 340 Å². The number of rotatable bonds is 12. The molecule has 0 saturated carbocycles. The quantitative estimate of drug-likeness (QED) is 0.114. The van der Waals surface area contributed by atoms with Crippen molar-refractivity contribution in [3.63, 3.8) is 0 Å². The number of nitriles is 1. The van der Waals surface area contributed by atoms with E-state index < -0.39 is 0 Å². The fraction of sp³-hybridized carbons (Fsp3) is 0. The highest BCUT2D eigenvalue weighted by Crippen LogP contribution is 2.44. The average Bonchev–Trinajstić information content (AvgIpc) is 1.08. The summed E-state index contributed by atoms with van der Waals surface area (Å²) in [7, 11) is 0. The molecule has 0 atom stereocenters. The van der Waals surface area contributed by atoms with Crippen LogP contribution >= 0.6 is 0 Å². The third kappa shape index (κ3) is 12.6. The second-order valence-corrected chi connectivity index (χ2v) is 26.4. The molecule has 0 unspecified atom stereocenters. The normalized spacial score (nSPS) is 11.2.